The number of aromatic amines is 1. The molecule has 2 aromatic rings. The number of aromatic nitrogens is 3. The molecule has 1 saturated carbocycles. The van der Waals surface area contributed by atoms with E-state index in [0.29, 0.717) is 36.5 Å². The molecule has 0 radical (unpaired) electrons. The second-order valence-corrected chi connectivity index (χ2v) is 7.76. The lowest BCUT2D eigenvalue weighted by molar-refractivity contribution is -0.134. The van der Waals surface area contributed by atoms with E-state index in [-0.39, 0.29) is 11.5 Å². The van der Waals surface area contributed by atoms with Gasteiger partial charge in [-0.15, -0.1) is 0 Å². The lowest BCUT2D eigenvalue weighted by atomic mass is 9.88. The Morgan fingerprint density at radius 3 is 2.84 bits per heavy atom. The maximum atomic E-state index is 12.2. The van der Waals surface area contributed by atoms with E-state index in [2.05, 4.69) is 22.0 Å². The molecule has 1 saturated heterocycles. The van der Waals surface area contributed by atoms with Gasteiger partial charge in [0.1, 0.15) is 0 Å². The molecule has 1 N–H and O–H groups in total. The maximum absolute atomic E-state index is 12.2. The molecule has 7 nitrogen and oxygen atoms in total. The van der Waals surface area contributed by atoms with Crippen LogP contribution in [0.2, 0.25) is 0 Å². The number of likely N-dealkylation sites (tertiary alicyclic amines) is 1. The molecule has 25 heavy (non-hydrogen) atoms. The third kappa shape index (κ3) is 2.97. The van der Waals surface area contributed by atoms with Crippen molar-refractivity contribution in [2.45, 2.75) is 38.8 Å². The van der Waals surface area contributed by atoms with E-state index in [9.17, 15) is 9.59 Å². The molecule has 7 heteroatoms. The monoisotopic (exact) mass is 343 g/mol. The number of nitrogens with one attached hydrogen (secondary N) is 1. The number of hydrogen-bond acceptors (Lipinski definition) is 4. The van der Waals surface area contributed by atoms with Crippen LogP contribution < -0.4 is 5.56 Å². The second-order valence-electron chi connectivity index (χ2n) is 7.76. The predicted octanol–water partition coefficient (Wildman–Crippen LogP) is 1.02. The van der Waals surface area contributed by atoms with Crippen molar-refractivity contribution in [2.75, 3.05) is 20.6 Å². The fourth-order valence-electron chi connectivity index (χ4n) is 4.47. The zero-order valence-corrected chi connectivity index (χ0v) is 15.0. The van der Waals surface area contributed by atoms with Gasteiger partial charge in [-0.1, -0.05) is 0 Å². The molecule has 2 aliphatic rings. The summed E-state index contributed by atoms with van der Waals surface area (Å²) in [5.41, 5.74) is 2.31. The van der Waals surface area contributed by atoms with Gasteiger partial charge in [-0.3, -0.25) is 19.6 Å². The van der Waals surface area contributed by atoms with E-state index in [1.54, 1.807) is 6.07 Å². The summed E-state index contributed by atoms with van der Waals surface area (Å²) in [7, 11) is 4.00. The van der Waals surface area contributed by atoms with Gasteiger partial charge in [0.15, 0.2) is 5.65 Å². The summed E-state index contributed by atoms with van der Waals surface area (Å²) in [4.78, 5) is 32.9. The van der Waals surface area contributed by atoms with Crippen molar-refractivity contribution in [2.24, 2.45) is 11.8 Å². The summed E-state index contributed by atoms with van der Waals surface area (Å²) in [5, 5.41) is 3.00. The average Bonchev–Trinajstić information content (AvgIpc) is 3.11. The van der Waals surface area contributed by atoms with Crippen LogP contribution in [0, 0.1) is 18.8 Å². The van der Waals surface area contributed by atoms with Gasteiger partial charge >= 0.3 is 0 Å². The van der Waals surface area contributed by atoms with Crippen LogP contribution in [0.5, 0.6) is 0 Å². The number of hydrogen-bond donors (Lipinski definition) is 1. The van der Waals surface area contributed by atoms with Crippen LogP contribution >= 0.6 is 0 Å². The third-order valence-corrected chi connectivity index (χ3v) is 5.85. The van der Waals surface area contributed by atoms with Crippen molar-refractivity contribution >= 4 is 11.6 Å². The Morgan fingerprint density at radius 2 is 2.04 bits per heavy atom. The normalized spacial score (nSPS) is 26.6. The van der Waals surface area contributed by atoms with Crippen LogP contribution in [0.3, 0.4) is 0 Å². The van der Waals surface area contributed by atoms with Crippen LogP contribution in [-0.2, 0) is 11.3 Å². The molecule has 1 aliphatic carbocycles. The summed E-state index contributed by atoms with van der Waals surface area (Å²) in [5.74, 6) is 1.38. The van der Waals surface area contributed by atoms with Crippen LogP contribution in [0.15, 0.2) is 16.9 Å². The Labute approximate surface area is 146 Å². The molecular formula is C18H25N5O2. The maximum Gasteiger partial charge on any atom is 0.272 e. The van der Waals surface area contributed by atoms with E-state index >= 15 is 0 Å². The Hall–Kier alpha value is -2.15. The minimum Gasteiger partial charge on any atom is -0.345 e. The molecule has 1 aliphatic heterocycles. The van der Waals surface area contributed by atoms with Crippen molar-refractivity contribution in [3.63, 3.8) is 0 Å². The third-order valence-electron chi connectivity index (χ3n) is 5.85. The first-order valence-corrected chi connectivity index (χ1v) is 8.93. The van der Waals surface area contributed by atoms with E-state index in [1.807, 2.05) is 24.9 Å². The van der Waals surface area contributed by atoms with E-state index in [0.717, 1.165) is 30.8 Å². The predicted molar refractivity (Wildman–Crippen MR) is 94.3 cm³/mol. The van der Waals surface area contributed by atoms with Gasteiger partial charge < -0.3 is 4.90 Å². The van der Waals surface area contributed by atoms with Gasteiger partial charge in [-0.2, -0.15) is 0 Å². The summed E-state index contributed by atoms with van der Waals surface area (Å²) >= 11 is 0. The number of nitrogens with zero attached hydrogens (tertiary/aromatic N) is 4. The van der Waals surface area contributed by atoms with Crippen molar-refractivity contribution < 1.29 is 4.79 Å². The zero-order valence-electron chi connectivity index (χ0n) is 15.0. The topological polar surface area (TPSA) is 73.7 Å². The van der Waals surface area contributed by atoms with Gasteiger partial charge in [0, 0.05) is 50.4 Å². The van der Waals surface area contributed by atoms with Gasteiger partial charge in [-0.25, -0.2) is 9.50 Å². The Bertz CT molecular complexity index is 870. The Balaban J connectivity index is 1.48. The highest BCUT2D eigenvalue weighted by atomic mass is 16.2. The van der Waals surface area contributed by atoms with Gasteiger partial charge in [0.05, 0.1) is 5.69 Å². The molecule has 2 aromatic heterocycles. The van der Waals surface area contributed by atoms with Crippen molar-refractivity contribution in [3.8, 4) is 0 Å². The highest BCUT2D eigenvalue weighted by Gasteiger charge is 2.41. The highest BCUT2D eigenvalue weighted by molar-refractivity contribution is 5.77. The first kappa shape index (κ1) is 16.3. The van der Waals surface area contributed by atoms with Crippen molar-refractivity contribution in [3.05, 3.63) is 33.9 Å². The lowest BCUT2D eigenvalue weighted by Crippen LogP contribution is -2.39. The SMILES string of the molecule is Cc1cc2nc(CN(C)[C@H]3C[C@H]4CC(=O)N(C)C[C@H]4C3)cc(=O)n2[nH]1. The van der Waals surface area contributed by atoms with Crippen molar-refractivity contribution in [1.29, 1.82) is 0 Å². The number of H-pyrrole nitrogens is 1. The zero-order chi connectivity index (χ0) is 17.7. The van der Waals surface area contributed by atoms with E-state index in [4.69, 9.17) is 0 Å². The fraction of sp³-hybridized carbons (Fsp3) is 0.611. The quantitative estimate of drug-likeness (QED) is 0.903. The first-order valence-electron chi connectivity index (χ1n) is 8.93. The molecule has 1 amide bonds. The Morgan fingerprint density at radius 1 is 1.28 bits per heavy atom. The van der Waals surface area contributed by atoms with Gasteiger partial charge in [0.2, 0.25) is 5.91 Å². The first-order chi connectivity index (χ1) is 11.9. The number of aryl methyl sites for hydroxylation is 1. The molecule has 134 valence electrons. The molecule has 0 aromatic carbocycles. The average molecular weight is 343 g/mol. The molecule has 2 fully saturated rings. The summed E-state index contributed by atoms with van der Waals surface area (Å²) in [6.07, 6.45) is 2.86. The molecule has 4 rings (SSSR count). The molecule has 3 atom stereocenters. The van der Waals surface area contributed by atoms with Gasteiger partial charge in [0.25, 0.3) is 5.56 Å². The molecule has 0 bridgehead atoms. The van der Waals surface area contributed by atoms with E-state index in [1.165, 1.54) is 4.52 Å². The highest BCUT2D eigenvalue weighted by Crippen LogP contribution is 2.40. The van der Waals surface area contributed by atoms with Crippen LogP contribution in [0.4, 0.5) is 0 Å². The molecule has 0 spiro atoms. The number of carbonyl (C=O) groups is 1. The fourth-order valence-corrected chi connectivity index (χ4v) is 4.47. The Kier molecular flexibility index (Phi) is 3.91. The van der Waals surface area contributed by atoms with Crippen LogP contribution in [-0.4, -0.2) is 57.0 Å². The smallest absolute Gasteiger partial charge is 0.272 e. The van der Waals surface area contributed by atoms with Crippen LogP contribution in [0.25, 0.3) is 5.65 Å². The number of rotatable bonds is 3. The lowest BCUT2D eigenvalue weighted by Gasteiger charge is -2.31. The minimum absolute atomic E-state index is 0.0752. The number of fused-ring (bicyclic) bond motifs is 2. The molecule has 3 heterocycles. The molecular weight excluding hydrogens is 318 g/mol. The van der Waals surface area contributed by atoms with Crippen molar-refractivity contribution in [1.82, 2.24) is 24.4 Å². The standard InChI is InChI=1S/C18H25N5O2/c1-11-4-16-19-14(8-18(25)23(16)20-11)10-21(2)15-5-12-7-17(24)22(3)9-13(12)6-15/h4,8,12-13,15,20H,5-7,9-10H2,1-3H3/t12-,13+,15-/m0/s1. The van der Waals surface area contributed by atoms with E-state index < -0.39 is 0 Å². The number of amides is 1. The molecule has 0 unspecified atom stereocenters. The second kappa shape index (κ2) is 5.98. The summed E-state index contributed by atoms with van der Waals surface area (Å²) < 4.78 is 1.48. The number of piperidine rings is 1. The largest absolute Gasteiger partial charge is 0.345 e. The summed E-state index contributed by atoms with van der Waals surface area (Å²) in [6, 6.07) is 3.94. The minimum atomic E-state index is -0.0752. The van der Waals surface area contributed by atoms with Gasteiger partial charge in [-0.05, 0) is 38.6 Å². The summed E-state index contributed by atoms with van der Waals surface area (Å²) in [6.45, 7) is 3.45. The number of carbonyl (C=O) groups excluding carboxylic acids is 1. The van der Waals surface area contributed by atoms with Crippen LogP contribution in [0.1, 0.15) is 30.7 Å².